The van der Waals surface area contributed by atoms with Crippen LogP contribution in [-0.4, -0.2) is 33.1 Å². The molecule has 0 spiro atoms. The highest BCUT2D eigenvalue weighted by atomic mass is 32.2. The van der Waals surface area contributed by atoms with E-state index < -0.39 is 9.84 Å². The molecule has 2 aromatic carbocycles. The average Bonchev–Trinajstić information content (AvgIpc) is 2.81. The van der Waals surface area contributed by atoms with Gasteiger partial charge in [-0.3, -0.25) is 0 Å². The van der Waals surface area contributed by atoms with Crippen molar-refractivity contribution in [2.24, 2.45) is 0 Å². The van der Waals surface area contributed by atoms with Gasteiger partial charge in [0.15, 0.2) is 9.84 Å². The van der Waals surface area contributed by atoms with E-state index in [1.54, 1.807) is 0 Å². The Kier molecular flexibility index (Phi) is 3.87. The van der Waals surface area contributed by atoms with Crippen molar-refractivity contribution in [1.82, 2.24) is 5.32 Å². The van der Waals surface area contributed by atoms with E-state index in [2.05, 4.69) is 17.4 Å². The normalized spacial score (nSPS) is 20.7. The number of ether oxygens (including phenoxy) is 1. The topological polar surface area (TPSA) is 55.4 Å². The summed E-state index contributed by atoms with van der Waals surface area (Å²) in [6, 6.07) is 12.1. The van der Waals surface area contributed by atoms with Gasteiger partial charge in [-0.15, -0.1) is 0 Å². The first kappa shape index (κ1) is 14.4. The van der Waals surface area contributed by atoms with Gasteiger partial charge < -0.3 is 10.1 Å². The van der Waals surface area contributed by atoms with E-state index >= 15 is 0 Å². The van der Waals surface area contributed by atoms with E-state index in [1.807, 2.05) is 31.3 Å². The minimum absolute atomic E-state index is 0.124. The Morgan fingerprint density at radius 2 is 2.05 bits per heavy atom. The van der Waals surface area contributed by atoms with Crippen molar-refractivity contribution < 1.29 is 13.2 Å². The van der Waals surface area contributed by atoms with Crippen molar-refractivity contribution in [3.63, 3.8) is 0 Å². The fourth-order valence-corrected chi connectivity index (χ4v) is 4.41. The molecule has 1 N–H and O–H groups in total. The van der Waals surface area contributed by atoms with Crippen LogP contribution in [0, 0.1) is 0 Å². The summed E-state index contributed by atoms with van der Waals surface area (Å²) in [7, 11) is -1.03. The second-order valence-electron chi connectivity index (χ2n) is 5.44. The molecular formula is C16H19NO3S. The third kappa shape index (κ3) is 3.04. The van der Waals surface area contributed by atoms with Crippen LogP contribution < -0.4 is 10.1 Å². The van der Waals surface area contributed by atoms with E-state index in [0.29, 0.717) is 13.0 Å². The number of rotatable bonds is 4. The minimum atomic E-state index is -2.92. The first-order chi connectivity index (χ1) is 10.1. The summed E-state index contributed by atoms with van der Waals surface area (Å²) >= 11 is 0. The van der Waals surface area contributed by atoms with Crippen LogP contribution in [0.15, 0.2) is 36.4 Å². The van der Waals surface area contributed by atoms with Crippen LogP contribution in [0.3, 0.4) is 0 Å². The van der Waals surface area contributed by atoms with Crippen LogP contribution in [0.2, 0.25) is 0 Å². The number of benzene rings is 2. The molecule has 1 heterocycles. The Morgan fingerprint density at radius 1 is 1.24 bits per heavy atom. The van der Waals surface area contributed by atoms with E-state index in [9.17, 15) is 8.42 Å². The van der Waals surface area contributed by atoms with Crippen LogP contribution >= 0.6 is 0 Å². The van der Waals surface area contributed by atoms with Crippen molar-refractivity contribution in [3.8, 4) is 5.75 Å². The predicted molar refractivity (Wildman–Crippen MR) is 84.4 cm³/mol. The highest BCUT2D eigenvalue weighted by Gasteiger charge is 2.29. The minimum Gasteiger partial charge on any atom is -0.489 e. The lowest BCUT2D eigenvalue weighted by atomic mass is 10.0. The lowest BCUT2D eigenvalue weighted by Gasteiger charge is -2.17. The van der Waals surface area contributed by atoms with Crippen molar-refractivity contribution in [3.05, 3.63) is 42.0 Å². The molecule has 0 amide bonds. The van der Waals surface area contributed by atoms with E-state index in [1.165, 1.54) is 0 Å². The maximum atomic E-state index is 11.6. The smallest absolute Gasteiger partial charge is 0.154 e. The van der Waals surface area contributed by atoms with Crippen molar-refractivity contribution >= 4 is 20.6 Å². The molecule has 0 saturated carbocycles. The zero-order valence-corrected chi connectivity index (χ0v) is 12.8. The number of sulfone groups is 1. The highest BCUT2D eigenvalue weighted by Crippen LogP contribution is 2.30. The maximum Gasteiger partial charge on any atom is 0.154 e. The summed E-state index contributed by atoms with van der Waals surface area (Å²) in [4.78, 5) is 0. The summed E-state index contributed by atoms with van der Waals surface area (Å²) in [6.07, 6.45) is 0.348. The summed E-state index contributed by atoms with van der Waals surface area (Å²) in [5.74, 6) is 1.14. The predicted octanol–water partition coefficient (Wildman–Crippen LogP) is 2.13. The van der Waals surface area contributed by atoms with E-state index in [4.69, 9.17) is 4.74 Å². The van der Waals surface area contributed by atoms with E-state index in [0.717, 1.165) is 22.1 Å². The molecule has 1 fully saturated rings. The molecule has 1 saturated heterocycles. The Balaban J connectivity index is 1.96. The molecule has 4 nitrogen and oxygen atoms in total. The molecule has 21 heavy (non-hydrogen) atoms. The molecule has 2 aromatic rings. The summed E-state index contributed by atoms with van der Waals surface area (Å²) in [6.45, 7) is 0.691. The zero-order chi connectivity index (χ0) is 14.9. The van der Waals surface area contributed by atoms with Crippen LogP contribution in [0.5, 0.6) is 5.75 Å². The molecule has 5 heteroatoms. The van der Waals surface area contributed by atoms with Crippen LogP contribution in [0.4, 0.5) is 0 Å². The standard InChI is InChI=1S/C16H19NO3S/c1-17-10-15-14-5-3-2-4-12(14)6-7-16(15)20-13-8-9-21(18,19)11-13/h2-7,13,17H,8-11H2,1H3. The molecule has 3 rings (SSSR count). The first-order valence-corrected chi connectivity index (χ1v) is 8.93. The number of fused-ring (bicyclic) bond motifs is 1. The Bertz CT molecular complexity index is 755. The van der Waals surface area contributed by atoms with Crippen LogP contribution in [0.1, 0.15) is 12.0 Å². The molecule has 0 bridgehead atoms. The second kappa shape index (κ2) is 5.66. The third-order valence-corrected chi connectivity index (χ3v) is 5.57. The summed E-state index contributed by atoms with van der Waals surface area (Å²) in [5.41, 5.74) is 1.08. The van der Waals surface area contributed by atoms with Gasteiger partial charge in [0, 0.05) is 12.1 Å². The van der Waals surface area contributed by atoms with Gasteiger partial charge in [-0.1, -0.05) is 30.3 Å². The Hall–Kier alpha value is -1.59. The number of hydrogen-bond acceptors (Lipinski definition) is 4. The molecule has 0 radical (unpaired) electrons. The van der Waals surface area contributed by atoms with Crippen LogP contribution in [-0.2, 0) is 16.4 Å². The molecule has 0 aliphatic carbocycles. The molecule has 1 unspecified atom stereocenters. The second-order valence-corrected chi connectivity index (χ2v) is 7.67. The molecule has 1 aliphatic heterocycles. The quantitative estimate of drug-likeness (QED) is 0.940. The largest absolute Gasteiger partial charge is 0.489 e. The Morgan fingerprint density at radius 3 is 2.76 bits per heavy atom. The molecule has 1 aliphatic rings. The highest BCUT2D eigenvalue weighted by molar-refractivity contribution is 7.91. The lowest BCUT2D eigenvalue weighted by molar-refractivity contribution is 0.227. The van der Waals surface area contributed by atoms with Gasteiger partial charge in [0.05, 0.1) is 11.5 Å². The number of nitrogens with one attached hydrogen (secondary N) is 1. The summed E-state index contributed by atoms with van der Waals surface area (Å²) < 4.78 is 29.1. The molecular weight excluding hydrogens is 286 g/mol. The SMILES string of the molecule is CNCc1c(OC2CCS(=O)(=O)C2)ccc2ccccc12. The van der Waals surface area contributed by atoms with Gasteiger partial charge >= 0.3 is 0 Å². The summed E-state index contributed by atoms with van der Waals surface area (Å²) in [5, 5.41) is 5.46. The monoisotopic (exact) mass is 305 g/mol. The lowest BCUT2D eigenvalue weighted by Crippen LogP contribution is -2.19. The third-order valence-electron chi connectivity index (χ3n) is 3.84. The van der Waals surface area contributed by atoms with Crippen molar-refractivity contribution in [2.45, 2.75) is 19.1 Å². The maximum absolute atomic E-state index is 11.6. The van der Waals surface area contributed by atoms with Gasteiger partial charge in [-0.2, -0.15) is 0 Å². The van der Waals surface area contributed by atoms with Gasteiger partial charge in [0.1, 0.15) is 11.9 Å². The first-order valence-electron chi connectivity index (χ1n) is 7.11. The van der Waals surface area contributed by atoms with Crippen molar-refractivity contribution in [1.29, 1.82) is 0 Å². The van der Waals surface area contributed by atoms with Crippen molar-refractivity contribution in [2.75, 3.05) is 18.6 Å². The van der Waals surface area contributed by atoms with E-state index in [-0.39, 0.29) is 17.6 Å². The Labute approximate surface area is 125 Å². The van der Waals surface area contributed by atoms with Gasteiger partial charge in [-0.05, 0) is 30.3 Å². The fraction of sp³-hybridized carbons (Fsp3) is 0.375. The van der Waals surface area contributed by atoms with Gasteiger partial charge in [-0.25, -0.2) is 8.42 Å². The van der Waals surface area contributed by atoms with Gasteiger partial charge in [0.2, 0.25) is 0 Å². The van der Waals surface area contributed by atoms with Crippen LogP contribution in [0.25, 0.3) is 10.8 Å². The number of hydrogen-bond donors (Lipinski definition) is 1. The zero-order valence-electron chi connectivity index (χ0n) is 12.0. The molecule has 112 valence electrons. The fourth-order valence-electron chi connectivity index (χ4n) is 2.82. The molecule has 1 atom stereocenters. The molecule has 0 aromatic heterocycles. The van der Waals surface area contributed by atoms with Gasteiger partial charge in [0.25, 0.3) is 0 Å². The average molecular weight is 305 g/mol.